The molecule has 1 fully saturated rings. The van der Waals surface area contributed by atoms with E-state index in [0.29, 0.717) is 0 Å². The summed E-state index contributed by atoms with van der Waals surface area (Å²) in [6.07, 6.45) is 52.7. The monoisotopic (exact) mass is 642 g/mol. The summed E-state index contributed by atoms with van der Waals surface area (Å²) in [5.41, 5.74) is 0. The standard InChI is InChI=1S/C43H79NO2/c1-3-5-7-9-11-13-15-17-19-21-23-25-27-29-31-35-39-45-42-43(41-44-37-33-34-38-44)46-40-36-32-30-28-26-24-22-20-18-16-14-12-10-8-6-4-2/h11-14,17-20,43H,3-10,15-16,21-42H2,1-2H3/b13-11+,14-12+,19-17+,20-18+. The van der Waals surface area contributed by atoms with E-state index in [9.17, 15) is 0 Å². The van der Waals surface area contributed by atoms with Crippen LogP contribution in [0.4, 0.5) is 0 Å². The molecular weight excluding hydrogens is 562 g/mol. The van der Waals surface area contributed by atoms with Gasteiger partial charge in [-0.2, -0.15) is 0 Å². The van der Waals surface area contributed by atoms with Gasteiger partial charge in [-0.1, -0.05) is 140 Å². The Labute approximate surface area is 288 Å². The van der Waals surface area contributed by atoms with E-state index in [2.05, 4.69) is 67.4 Å². The first-order valence-corrected chi connectivity index (χ1v) is 20.4. The molecule has 0 amide bonds. The zero-order valence-electron chi connectivity index (χ0n) is 31.1. The van der Waals surface area contributed by atoms with Crippen LogP contribution < -0.4 is 0 Å². The van der Waals surface area contributed by atoms with E-state index in [0.717, 1.165) is 39.2 Å². The van der Waals surface area contributed by atoms with E-state index in [1.165, 1.54) is 167 Å². The highest BCUT2D eigenvalue weighted by atomic mass is 16.5. The molecule has 0 aromatic rings. The lowest BCUT2D eigenvalue weighted by molar-refractivity contribution is -0.0316. The lowest BCUT2D eigenvalue weighted by Gasteiger charge is -2.24. The summed E-state index contributed by atoms with van der Waals surface area (Å²) in [6.45, 7) is 10.6. The maximum absolute atomic E-state index is 6.37. The van der Waals surface area contributed by atoms with Gasteiger partial charge in [-0.25, -0.2) is 0 Å². The number of ether oxygens (including phenoxy) is 2. The second-order valence-corrected chi connectivity index (χ2v) is 13.7. The van der Waals surface area contributed by atoms with E-state index >= 15 is 0 Å². The molecule has 0 aliphatic carbocycles. The van der Waals surface area contributed by atoms with Crippen molar-refractivity contribution in [2.75, 3.05) is 39.5 Å². The molecule has 1 aliphatic rings. The summed E-state index contributed by atoms with van der Waals surface area (Å²) in [5.74, 6) is 0. The normalized spacial score (nSPS) is 15.2. The Morgan fingerprint density at radius 1 is 0.478 bits per heavy atom. The molecule has 0 radical (unpaired) electrons. The van der Waals surface area contributed by atoms with Crippen molar-refractivity contribution < 1.29 is 9.47 Å². The number of rotatable bonds is 35. The van der Waals surface area contributed by atoms with Crippen LogP contribution in [0.2, 0.25) is 0 Å². The lowest BCUT2D eigenvalue weighted by atomic mass is 10.1. The van der Waals surface area contributed by atoms with Gasteiger partial charge in [0.05, 0.1) is 12.7 Å². The molecule has 46 heavy (non-hydrogen) atoms. The van der Waals surface area contributed by atoms with Crippen LogP contribution in [0.3, 0.4) is 0 Å². The molecule has 1 heterocycles. The number of likely N-dealkylation sites (tertiary alicyclic amines) is 1. The first kappa shape index (κ1) is 42.9. The zero-order valence-corrected chi connectivity index (χ0v) is 31.1. The fourth-order valence-electron chi connectivity index (χ4n) is 6.15. The van der Waals surface area contributed by atoms with Gasteiger partial charge in [-0.3, -0.25) is 0 Å². The molecule has 0 aromatic heterocycles. The third-order valence-electron chi connectivity index (χ3n) is 9.15. The highest BCUT2D eigenvalue weighted by Crippen LogP contribution is 2.13. The van der Waals surface area contributed by atoms with Gasteiger partial charge in [0.25, 0.3) is 0 Å². The van der Waals surface area contributed by atoms with Crippen molar-refractivity contribution in [3.8, 4) is 0 Å². The Morgan fingerprint density at radius 3 is 1.37 bits per heavy atom. The fraction of sp³-hybridized carbons (Fsp3) is 0.814. The third kappa shape index (κ3) is 31.4. The molecule has 268 valence electrons. The number of hydrogen-bond acceptors (Lipinski definition) is 3. The summed E-state index contributed by atoms with van der Waals surface area (Å²) < 4.78 is 12.5. The Balaban J connectivity index is 1.97. The van der Waals surface area contributed by atoms with E-state index in [1.807, 2.05) is 0 Å². The molecule has 3 heteroatoms. The SMILES string of the molecule is CCCCC/C=C/C/C=C/CCCCCCCCOCC(CN1CCCC1)OCCCCCCCC/C=C/C/C=C/CCCCC. The van der Waals surface area contributed by atoms with Gasteiger partial charge in [0.15, 0.2) is 0 Å². The van der Waals surface area contributed by atoms with Crippen molar-refractivity contribution in [1.29, 1.82) is 0 Å². The molecule has 1 aliphatic heterocycles. The average molecular weight is 642 g/mol. The highest BCUT2D eigenvalue weighted by molar-refractivity contribution is 4.93. The Morgan fingerprint density at radius 2 is 0.891 bits per heavy atom. The van der Waals surface area contributed by atoms with Crippen molar-refractivity contribution in [3.63, 3.8) is 0 Å². The van der Waals surface area contributed by atoms with Crippen LogP contribution in [0.5, 0.6) is 0 Å². The van der Waals surface area contributed by atoms with E-state index < -0.39 is 0 Å². The Bertz CT molecular complexity index is 706. The molecule has 1 unspecified atom stereocenters. The van der Waals surface area contributed by atoms with Gasteiger partial charge in [-0.05, 0) is 103 Å². The predicted molar refractivity (Wildman–Crippen MR) is 205 cm³/mol. The Kier molecular flexibility index (Phi) is 34.2. The van der Waals surface area contributed by atoms with Gasteiger partial charge in [0.2, 0.25) is 0 Å². The summed E-state index contributed by atoms with van der Waals surface area (Å²) in [6, 6.07) is 0. The molecule has 3 nitrogen and oxygen atoms in total. The quantitative estimate of drug-likeness (QED) is 0.0508. The van der Waals surface area contributed by atoms with Crippen molar-refractivity contribution in [2.24, 2.45) is 0 Å². The van der Waals surface area contributed by atoms with Gasteiger partial charge >= 0.3 is 0 Å². The zero-order chi connectivity index (χ0) is 32.9. The van der Waals surface area contributed by atoms with Crippen LogP contribution in [-0.2, 0) is 9.47 Å². The van der Waals surface area contributed by atoms with Crippen molar-refractivity contribution in [3.05, 3.63) is 48.6 Å². The van der Waals surface area contributed by atoms with Crippen LogP contribution in [0.25, 0.3) is 0 Å². The molecule has 0 saturated carbocycles. The smallest absolute Gasteiger partial charge is 0.0934 e. The minimum atomic E-state index is 0.237. The van der Waals surface area contributed by atoms with E-state index in [-0.39, 0.29) is 6.10 Å². The van der Waals surface area contributed by atoms with Gasteiger partial charge in [-0.15, -0.1) is 0 Å². The third-order valence-corrected chi connectivity index (χ3v) is 9.15. The predicted octanol–water partition coefficient (Wildman–Crippen LogP) is 13.1. The van der Waals surface area contributed by atoms with Gasteiger partial charge in [0, 0.05) is 19.8 Å². The van der Waals surface area contributed by atoms with Crippen LogP contribution >= 0.6 is 0 Å². The molecule has 0 spiro atoms. The molecule has 0 N–H and O–H groups in total. The van der Waals surface area contributed by atoms with Crippen LogP contribution in [0.15, 0.2) is 48.6 Å². The van der Waals surface area contributed by atoms with Crippen molar-refractivity contribution in [1.82, 2.24) is 4.90 Å². The summed E-state index contributed by atoms with van der Waals surface area (Å²) in [7, 11) is 0. The molecule has 1 saturated heterocycles. The minimum Gasteiger partial charge on any atom is -0.379 e. The maximum atomic E-state index is 6.37. The lowest BCUT2D eigenvalue weighted by Crippen LogP contribution is -2.35. The molecule has 0 bridgehead atoms. The maximum Gasteiger partial charge on any atom is 0.0934 e. The largest absolute Gasteiger partial charge is 0.379 e. The van der Waals surface area contributed by atoms with Crippen molar-refractivity contribution >= 4 is 0 Å². The van der Waals surface area contributed by atoms with E-state index in [4.69, 9.17) is 9.47 Å². The summed E-state index contributed by atoms with van der Waals surface area (Å²) in [4.78, 5) is 2.58. The number of hydrogen-bond donors (Lipinski definition) is 0. The summed E-state index contributed by atoms with van der Waals surface area (Å²) >= 11 is 0. The van der Waals surface area contributed by atoms with Crippen LogP contribution in [0, 0.1) is 0 Å². The minimum absolute atomic E-state index is 0.237. The van der Waals surface area contributed by atoms with Crippen molar-refractivity contribution in [2.45, 2.75) is 187 Å². The summed E-state index contributed by atoms with van der Waals surface area (Å²) in [5, 5.41) is 0. The first-order chi connectivity index (χ1) is 22.9. The number of allylic oxidation sites excluding steroid dienone is 8. The average Bonchev–Trinajstić information content (AvgIpc) is 3.58. The van der Waals surface area contributed by atoms with Gasteiger partial charge in [0.1, 0.15) is 0 Å². The first-order valence-electron chi connectivity index (χ1n) is 20.4. The van der Waals surface area contributed by atoms with Crippen LogP contribution in [0.1, 0.15) is 181 Å². The topological polar surface area (TPSA) is 21.7 Å². The molecule has 1 atom stereocenters. The van der Waals surface area contributed by atoms with Crippen LogP contribution in [-0.4, -0.2) is 50.5 Å². The van der Waals surface area contributed by atoms with Gasteiger partial charge < -0.3 is 14.4 Å². The second-order valence-electron chi connectivity index (χ2n) is 13.7. The Hall–Kier alpha value is -1.16. The molecule has 1 rings (SSSR count). The molecule has 0 aromatic carbocycles. The van der Waals surface area contributed by atoms with E-state index in [1.54, 1.807) is 0 Å². The number of nitrogens with zero attached hydrogens (tertiary/aromatic N) is 1. The highest BCUT2D eigenvalue weighted by Gasteiger charge is 2.18. The molecular formula is C43H79NO2. The fourth-order valence-corrected chi connectivity index (χ4v) is 6.15. The second kappa shape index (κ2) is 36.7. The number of unbranched alkanes of at least 4 members (excludes halogenated alkanes) is 18.